The summed E-state index contributed by atoms with van der Waals surface area (Å²) in [7, 11) is 1.18. The highest BCUT2D eigenvalue weighted by Gasteiger charge is 2.34. The third kappa shape index (κ3) is 5.08. The highest BCUT2D eigenvalue weighted by molar-refractivity contribution is 5.87. The largest absolute Gasteiger partial charge is 0.487 e. The topological polar surface area (TPSA) is 61.6 Å². The van der Waals surface area contributed by atoms with Gasteiger partial charge in [0.05, 0.1) is 12.7 Å². The van der Waals surface area contributed by atoms with Gasteiger partial charge in [0.15, 0.2) is 0 Å². The average Bonchev–Trinajstić information content (AvgIpc) is 3.11. The summed E-state index contributed by atoms with van der Waals surface area (Å²) in [5.74, 6) is -0.188. The van der Waals surface area contributed by atoms with E-state index in [4.69, 9.17) is 9.15 Å². The van der Waals surface area contributed by atoms with Gasteiger partial charge in [-0.3, -0.25) is 0 Å². The monoisotopic (exact) mass is 417 g/mol. The zero-order chi connectivity index (χ0) is 21.7. The number of methoxy groups -OCH3 is 1. The summed E-state index contributed by atoms with van der Waals surface area (Å²) >= 11 is 0. The van der Waals surface area contributed by atoms with Crippen LogP contribution in [0.4, 0.5) is 13.2 Å². The van der Waals surface area contributed by atoms with Crippen LogP contribution in [0, 0.1) is 6.92 Å². The minimum absolute atomic E-state index is 0.184. The van der Waals surface area contributed by atoms with E-state index >= 15 is 0 Å². The van der Waals surface area contributed by atoms with E-state index in [0.29, 0.717) is 17.3 Å². The van der Waals surface area contributed by atoms with Crippen molar-refractivity contribution in [3.8, 4) is 17.2 Å². The van der Waals surface area contributed by atoms with E-state index in [2.05, 4.69) is 9.72 Å². The van der Waals surface area contributed by atoms with Crippen molar-refractivity contribution in [2.24, 2.45) is 0 Å². The maximum absolute atomic E-state index is 13.5. The molecule has 0 atom stereocenters. The predicted molar refractivity (Wildman–Crippen MR) is 104 cm³/mol. The summed E-state index contributed by atoms with van der Waals surface area (Å²) in [5.41, 5.74) is 0.379. The normalized spacial score (nSPS) is 11.6. The van der Waals surface area contributed by atoms with Gasteiger partial charge in [-0.25, -0.2) is 9.78 Å². The number of oxazole rings is 1. The maximum Gasteiger partial charge on any atom is 0.419 e. The van der Waals surface area contributed by atoms with Crippen molar-refractivity contribution in [3.63, 3.8) is 0 Å². The average molecular weight is 417 g/mol. The van der Waals surface area contributed by atoms with Crippen LogP contribution < -0.4 is 4.74 Å². The van der Waals surface area contributed by atoms with Gasteiger partial charge < -0.3 is 13.9 Å². The standard InChI is InChI=1S/C22H18F3NO4/c1-14-18(26-21(30-14)16-6-4-3-5-7-16)13-29-19-10-8-15(9-11-20(27)28-2)12-17(19)22(23,24)25/h3-12H,13H2,1-2H3. The Morgan fingerprint density at radius 3 is 2.57 bits per heavy atom. The fourth-order valence-electron chi connectivity index (χ4n) is 2.64. The van der Waals surface area contributed by atoms with Gasteiger partial charge in [0.25, 0.3) is 0 Å². The van der Waals surface area contributed by atoms with E-state index in [1.807, 2.05) is 30.3 Å². The van der Waals surface area contributed by atoms with Crippen LogP contribution in [0.1, 0.15) is 22.6 Å². The van der Waals surface area contributed by atoms with E-state index in [1.54, 1.807) is 6.92 Å². The Bertz CT molecular complexity index is 1060. The zero-order valence-electron chi connectivity index (χ0n) is 16.2. The van der Waals surface area contributed by atoms with Gasteiger partial charge in [-0.1, -0.05) is 24.3 Å². The number of halogens is 3. The van der Waals surface area contributed by atoms with Crippen molar-refractivity contribution < 1.29 is 31.9 Å². The smallest absolute Gasteiger partial charge is 0.419 e. The third-order valence-corrected chi connectivity index (χ3v) is 4.20. The van der Waals surface area contributed by atoms with Crippen LogP contribution in [0.25, 0.3) is 17.5 Å². The van der Waals surface area contributed by atoms with E-state index < -0.39 is 17.7 Å². The lowest BCUT2D eigenvalue weighted by Crippen LogP contribution is -2.09. The number of esters is 1. The Morgan fingerprint density at radius 1 is 1.17 bits per heavy atom. The number of aryl methyl sites for hydroxylation is 1. The molecule has 0 saturated heterocycles. The van der Waals surface area contributed by atoms with Crippen molar-refractivity contribution in [1.29, 1.82) is 0 Å². The van der Waals surface area contributed by atoms with E-state index in [0.717, 1.165) is 17.7 Å². The number of carbonyl (C=O) groups excluding carboxylic acids is 1. The van der Waals surface area contributed by atoms with Crippen LogP contribution in [0.3, 0.4) is 0 Å². The fourth-order valence-corrected chi connectivity index (χ4v) is 2.64. The quantitative estimate of drug-likeness (QED) is 0.395. The molecule has 0 saturated carbocycles. The van der Waals surface area contributed by atoms with Gasteiger partial charge in [-0.15, -0.1) is 0 Å². The summed E-state index contributed by atoms with van der Waals surface area (Å²) in [5, 5.41) is 0. The highest BCUT2D eigenvalue weighted by Crippen LogP contribution is 2.37. The number of ether oxygens (including phenoxy) is 2. The van der Waals surface area contributed by atoms with Crippen molar-refractivity contribution in [1.82, 2.24) is 4.98 Å². The van der Waals surface area contributed by atoms with Crippen LogP contribution in [-0.4, -0.2) is 18.1 Å². The first kappa shape index (κ1) is 21.2. The molecule has 1 heterocycles. The fraction of sp³-hybridized carbons (Fsp3) is 0.182. The molecule has 0 amide bonds. The molecule has 2 aromatic carbocycles. The molecular weight excluding hydrogens is 399 g/mol. The molecule has 0 unspecified atom stereocenters. The van der Waals surface area contributed by atoms with Crippen LogP contribution in [0.2, 0.25) is 0 Å². The summed E-state index contributed by atoms with van der Waals surface area (Å²) in [4.78, 5) is 15.5. The Labute approximate surface area is 170 Å². The molecule has 156 valence electrons. The molecule has 0 fully saturated rings. The number of rotatable bonds is 6. The Morgan fingerprint density at radius 2 is 1.90 bits per heavy atom. The number of alkyl halides is 3. The minimum Gasteiger partial charge on any atom is -0.487 e. The molecule has 0 spiro atoms. The summed E-state index contributed by atoms with van der Waals surface area (Å²) in [6, 6.07) is 12.7. The van der Waals surface area contributed by atoms with Crippen molar-refractivity contribution >= 4 is 12.0 Å². The molecule has 5 nitrogen and oxygen atoms in total. The van der Waals surface area contributed by atoms with Crippen LogP contribution in [0.15, 0.2) is 59.0 Å². The molecule has 0 radical (unpaired) electrons. The van der Waals surface area contributed by atoms with E-state index in [1.165, 1.54) is 25.3 Å². The second-order valence-electron chi connectivity index (χ2n) is 6.29. The second-order valence-corrected chi connectivity index (χ2v) is 6.29. The molecule has 0 aliphatic rings. The van der Waals surface area contributed by atoms with E-state index in [9.17, 15) is 18.0 Å². The molecule has 8 heteroatoms. The molecule has 1 aromatic heterocycles. The number of nitrogens with zero attached hydrogens (tertiary/aromatic N) is 1. The first-order valence-electron chi connectivity index (χ1n) is 8.89. The molecule has 0 aliphatic carbocycles. The number of hydrogen-bond acceptors (Lipinski definition) is 5. The van der Waals surface area contributed by atoms with Crippen molar-refractivity contribution in [3.05, 3.63) is 77.2 Å². The number of hydrogen-bond donors (Lipinski definition) is 0. The van der Waals surface area contributed by atoms with Gasteiger partial charge >= 0.3 is 12.1 Å². The Balaban J connectivity index is 1.82. The minimum atomic E-state index is -4.64. The first-order valence-corrected chi connectivity index (χ1v) is 8.89. The lowest BCUT2D eigenvalue weighted by atomic mass is 10.1. The SMILES string of the molecule is COC(=O)C=Cc1ccc(OCc2nc(-c3ccccc3)oc2C)c(C(F)(F)F)c1. The highest BCUT2D eigenvalue weighted by atomic mass is 19.4. The molecule has 3 aromatic rings. The van der Waals surface area contributed by atoms with Gasteiger partial charge in [0.1, 0.15) is 23.8 Å². The number of benzene rings is 2. The molecular formula is C22H18F3NO4. The van der Waals surface area contributed by atoms with Crippen LogP contribution in [0.5, 0.6) is 5.75 Å². The first-order chi connectivity index (χ1) is 14.3. The van der Waals surface area contributed by atoms with Gasteiger partial charge in [0, 0.05) is 11.6 Å². The summed E-state index contributed by atoms with van der Waals surface area (Å²) in [6.07, 6.45) is -2.36. The Hall–Kier alpha value is -3.55. The molecule has 3 rings (SSSR count). The molecule has 0 aliphatic heterocycles. The van der Waals surface area contributed by atoms with Gasteiger partial charge in [0.2, 0.25) is 5.89 Å². The molecule has 0 N–H and O–H groups in total. The second kappa shape index (κ2) is 8.86. The maximum atomic E-state index is 13.5. The summed E-state index contributed by atoms with van der Waals surface area (Å²) in [6.45, 7) is 1.48. The third-order valence-electron chi connectivity index (χ3n) is 4.20. The predicted octanol–water partition coefficient (Wildman–Crippen LogP) is 5.43. The summed E-state index contributed by atoms with van der Waals surface area (Å²) < 4.78 is 55.9. The van der Waals surface area contributed by atoms with E-state index in [-0.39, 0.29) is 17.9 Å². The van der Waals surface area contributed by atoms with Gasteiger partial charge in [-0.05, 0) is 42.8 Å². The number of aromatic nitrogens is 1. The lowest BCUT2D eigenvalue weighted by molar-refractivity contribution is -0.139. The van der Waals surface area contributed by atoms with Crippen molar-refractivity contribution in [2.75, 3.05) is 7.11 Å². The van der Waals surface area contributed by atoms with Crippen LogP contribution in [-0.2, 0) is 22.3 Å². The lowest BCUT2D eigenvalue weighted by Gasteiger charge is -2.14. The zero-order valence-corrected chi connectivity index (χ0v) is 16.2. The van der Waals surface area contributed by atoms with Crippen molar-refractivity contribution in [2.45, 2.75) is 19.7 Å². The Kier molecular flexibility index (Phi) is 6.25. The number of carbonyl (C=O) groups is 1. The molecule has 0 bridgehead atoms. The van der Waals surface area contributed by atoms with Crippen LogP contribution >= 0.6 is 0 Å². The van der Waals surface area contributed by atoms with Gasteiger partial charge in [-0.2, -0.15) is 13.2 Å². The molecule has 30 heavy (non-hydrogen) atoms.